The summed E-state index contributed by atoms with van der Waals surface area (Å²) in [7, 11) is 2.34. The summed E-state index contributed by atoms with van der Waals surface area (Å²) in [5.74, 6) is -2.81. The van der Waals surface area contributed by atoms with Crippen LogP contribution in [0.3, 0.4) is 0 Å². The second kappa shape index (κ2) is 5.33. The maximum Gasteiger partial charge on any atom is 0.347 e. The minimum absolute atomic E-state index is 0.194. The second-order valence-corrected chi connectivity index (χ2v) is 3.41. The average molecular weight is 243 g/mol. The van der Waals surface area contributed by atoms with Gasteiger partial charge in [-0.3, -0.25) is 0 Å². The Morgan fingerprint density at radius 2 is 1.94 bits per heavy atom. The Labute approximate surface area is 97.4 Å². The van der Waals surface area contributed by atoms with Crippen LogP contribution in [-0.2, 0) is 23.9 Å². The number of rotatable bonds is 3. The predicted octanol–water partition coefficient (Wildman–Crippen LogP) is -0.577. The van der Waals surface area contributed by atoms with Crippen LogP contribution in [0.5, 0.6) is 0 Å². The highest BCUT2D eigenvalue weighted by molar-refractivity contribution is 6.14. The molecule has 94 valence electrons. The van der Waals surface area contributed by atoms with Gasteiger partial charge in [0.2, 0.25) is 0 Å². The van der Waals surface area contributed by atoms with Gasteiger partial charge in [0, 0.05) is 5.70 Å². The number of hydrogen-bond donors (Lipinski definition) is 2. The van der Waals surface area contributed by atoms with Gasteiger partial charge in [-0.2, -0.15) is 0 Å². The second-order valence-electron chi connectivity index (χ2n) is 3.41. The third-order valence-electron chi connectivity index (χ3n) is 2.42. The van der Waals surface area contributed by atoms with Gasteiger partial charge < -0.3 is 19.9 Å². The number of carboxylic acid groups (broad SMARTS) is 1. The highest BCUT2D eigenvalue weighted by atomic mass is 16.5. The zero-order valence-corrected chi connectivity index (χ0v) is 9.48. The summed E-state index contributed by atoms with van der Waals surface area (Å²) < 4.78 is 8.90. The summed E-state index contributed by atoms with van der Waals surface area (Å²) in [5, 5.41) is 11.6. The van der Waals surface area contributed by atoms with E-state index in [-0.39, 0.29) is 12.1 Å². The van der Waals surface area contributed by atoms with Gasteiger partial charge in [-0.05, 0) is 12.8 Å². The van der Waals surface area contributed by atoms with E-state index in [2.05, 4.69) is 14.8 Å². The fraction of sp³-hybridized carbons (Fsp3) is 0.500. The first kappa shape index (κ1) is 13.0. The summed E-state index contributed by atoms with van der Waals surface area (Å²) in [6.07, 6.45) is 0.673. The van der Waals surface area contributed by atoms with Gasteiger partial charge in [0.1, 0.15) is 6.04 Å². The molecule has 1 rings (SSSR count). The third kappa shape index (κ3) is 2.74. The van der Waals surface area contributed by atoms with Crippen LogP contribution in [0.25, 0.3) is 0 Å². The molecule has 0 aromatic heterocycles. The summed E-state index contributed by atoms with van der Waals surface area (Å²) in [6, 6.07) is -0.617. The fourth-order valence-corrected chi connectivity index (χ4v) is 1.60. The molecule has 1 saturated heterocycles. The number of methoxy groups -OCH3 is 2. The molecule has 0 saturated carbocycles. The molecule has 17 heavy (non-hydrogen) atoms. The fourth-order valence-electron chi connectivity index (χ4n) is 1.60. The van der Waals surface area contributed by atoms with Crippen molar-refractivity contribution in [2.45, 2.75) is 18.9 Å². The van der Waals surface area contributed by atoms with Crippen LogP contribution >= 0.6 is 0 Å². The van der Waals surface area contributed by atoms with Crippen molar-refractivity contribution in [3.63, 3.8) is 0 Å². The van der Waals surface area contributed by atoms with Crippen LogP contribution in [0.2, 0.25) is 0 Å². The Hall–Kier alpha value is -2.05. The highest BCUT2D eigenvalue weighted by Gasteiger charge is 2.32. The molecule has 1 heterocycles. The number of carbonyl (C=O) groups excluding carboxylic acids is 2. The van der Waals surface area contributed by atoms with Crippen molar-refractivity contribution in [1.29, 1.82) is 0 Å². The molecule has 7 heteroatoms. The van der Waals surface area contributed by atoms with E-state index in [1.54, 1.807) is 0 Å². The molecule has 1 unspecified atom stereocenters. The van der Waals surface area contributed by atoms with Crippen molar-refractivity contribution < 1.29 is 29.0 Å². The van der Waals surface area contributed by atoms with E-state index >= 15 is 0 Å². The van der Waals surface area contributed by atoms with E-state index in [1.807, 2.05) is 0 Å². The molecule has 1 aliphatic heterocycles. The molecular formula is C10H13NO6. The SMILES string of the molecule is COC(=O)C(C(=O)O)=C1CCC(C(=O)OC)N1. The van der Waals surface area contributed by atoms with Crippen LogP contribution in [-0.4, -0.2) is 43.3 Å². The number of carbonyl (C=O) groups is 3. The Morgan fingerprint density at radius 1 is 1.29 bits per heavy atom. The number of ether oxygens (including phenoxy) is 2. The lowest BCUT2D eigenvalue weighted by molar-refractivity contribution is -0.144. The number of nitrogens with one attached hydrogen (secondary N) is 1. The Morgan fingerprint density at radius 3 is 2.41 bits per heavy atom. The molecule has 0 radical (unpaired) electrons. The first-order valence-corrected chi connectivity index (χ1v) is 4.90. The number of allylic oxidation sites excluding steroid dienone is 1. The Balaban J connectivity index is 2.94. The molecule has 0 bridgehead atoms. The highest BCUT2D eigenvalue weighted by Crippen LogP contribution is 2.20. The van der Waals surface area contributed by atoms with Crippen molar-refractivity contribution >= 4 is 17.9 Å². The number of esters is 2. The minimum Gasteiger partial charge on any atom is -0.477 e. The molecule has 0 amide bonds. The first-order valence-electron chi connectivity index (χ1n) is 4.90. The smallest absolute Gasteiger partial charge is 0.347 e. The lowest BCUT2D eigenvalue weighted by atomic mass is 10.1. The van der Waals surface area contributed by atoms with Gasteiger partial charge >= 0.3 is 17.9 Å². The molecule has 0 aromatic rings. The van der Waals surface area contributed by atoms with Gasteiger partial charge in [-0.1, -0.05) is 0 Å². The molecule has 0 spiro atoms. The molecule has 1 aliphatic rings. The molecule has 7 nitrogen and oxygen atoms in total. The lowest BCUT2D eigenvalue weighted by Crippen LogP contribution is -2.32. The van der Waals surface area contributed by atoms with Gasteiger partial charge in [0.25, 0.3) is 0 Å². The van der Waals surface area contributed by atoms with Crippen LogP contribution in [0.1, 0.15) is 12.8 Å². The maximum atomic E-state index is 11.3. The predicted molar refractivity (Wildman–Crippen MR) is 54.9 cm³/mol. The molecule has 1 atom stereocenters. The quantitative estimate of drug-likeness (QED) is 0.296. The molecular weight excluding hydrogens is 230 g/mol. The summed E-state index contributed by atoms with van der Waals surface area (Å²) in [5.41, 5.74) is -0.279. The van der Waals surface area contributed by atoms with Gasteiger partial charge in [0.05, 0.1) is 14.2 Å². The lowest BCUT2D eigenvalue weighted by Gasteiger charge is -2.09. The van der Waals surface area contributed by atoms with E-state index in [9.17, 15) is 14.4 Å². The van der Waals surface area contributed by atoms with Crippen molar-refractivity contribution in [2.75, 3.05) is 14.2 Å². The average Bonchev–Trinajstić information content (AvgIpc) is 2.76. The number of carboxylic acids is 1. The van der Waals surface area contributed by atoms with E-state index in [1.165, 1.54) is 7.11 Å². The van der Waals surface area contributed by atoms with E-state index in [0.29, 0.717) is 6.42 Å². The maximum absolute atomic E-state index is 11.3. The zero-order valence-electron chi connectivity index (χ0n) is 9.48. The van der Waals surface area contributed by atoms with Crippen molar-refractivity contribution in [2.24, 2.45) is 0 Å². The normalized spacial score (nSPS) is 21.4. The summed E-state index contributed by atoms with van der Waals surface area (Å²) in [4.78, 5) is 33.4. The Bertz CT molecular complexity index is 386. The van der Waals surface area contributed by atoms with Crippen LogP contribution in [0.15, 0.2) is 11.3 Å². The van der Waals surface area contributed by atoms with E-state index in [4.69, 9.17) is 5.11 Å². The van der Waals surface area contributed by atoms with Gasteiger partial charge in [-0.15, -0.1) is 0 Å². The van der Waals surface area contributed by atoms with E-state index in [0.717, 1.165) is 7.11 Å². The molecule has 0 aliphatic carbocycles. The summed E-state index contributed by atoms with van der Waals surface area (Å²) >= 11 is 0. The standard InChI is InChI=1S/C10H13NO6/c1-16-9(14)6-4-3-5(11-6)7(8(12)13)10(15)17-2/h6,11H,3-4H2,1-2H3,(H,12,13). The topological polar surface area (TPSA) is 102 Å². The van der Waals surface area contributed by atoms with Crippen LogP contribution < -0.4 is 5.32 Å². The van der Waals surface area contributed by atoms with Crippen molar-refractivity contribution in [1.82, 2.24) is 5.32 Å². The zero-order chi connectivity index (χ0) is 13.0. The number of hydrogen-bond acceptors (Lipinski definition) is 6. The van der Waals surface area contributed by atoms with Crippen LogP contribution in [0, 0.1) is 0 Å². The monoisotopic (exact) mass is 243 g/mol. The minimum atomic E-state index is -1.38. The van der Waals surface area contributed by atoms with Gasteiger partial charge in [-0.25, -0.2) is 14.4 Å². The van der Waals surface area contributed by atoms with E-state index < -0.39 is 29.5 Å². The van der Waals surface area contributed by atoms with Gasteiger partial charge in [0.15, 0.2) is 5.57 Å². The molecule has 2 N–H and O–H groups in total. The first-order chi connectivity index (χ1) is 8.01. The third-order valence-corrected chi connectivity index (χ3v) is 2.42. The number of aliphatic carboxylic acids is 1. The Kier molecular flexibility index (Phi) is 4.08. The van der Waals surface area contributed by atoms with Crippen molar-refractivity contribution in [3.8, 4) is 0 Å². The largest absolute Gasteiger partial charge is 0.477 e. The molecule has 0 aromatic carbocycles. The van der Waals surface area contributed by atoms with Crippen LogP contribution in [0.4, 0.5) is 0 Å². The van der Waals surface area contributed by atoms with Crippen molar-refractivity contribution in [3.05, 3.63) is 11.3 Å². The summed E-state index contributed by atoms with van der Waals surface area (Å²) in [6.45, 7) is 0. The molecule has 1 fully saturated rings.